The monoisotopic (exact) mass is 218 g/mol. The van der Waals surface area contributed by atoms with Gasteiger partial charge in [0.25, 0.3) is 0 Å². The predicted octanol–water partition coefficient (Wildman–Crippen LogP) is 0.394. The second-order valence-electron chi connectivity index (χ2n) is 3.51. The van der Waals surface area contributed by atoms with E-state index in [9.17, 15) is 0 Å². The zero-order chi connectivity index (χ0) is 11.5. The topological polar surface area (TPSA) is 68.5 Å². The minimum atomic E-state index is 0.693. The molecule has 0 unspecified atom stereocenters. The maximum atomic E-state index is 4.30. The van der Waals surface area contributed by atoms with E-state index in [-0.39, 0.29) is 0 Å². The molecule has 0 amide bonds. The van der Waals surface area contributed by atoms with Gasteiger partial charge in [-0.1, -0.05) is 0 Å². The fraction of sp³-hybridized carbons (Fsp3) is 0.400. The normalized spacial score (nSPS) is 10.7. The van der Waals surface area contributed by atoms with Crippen molar-refractivity contribution in [2.24, 2.45) is 0 Å². The standard InChI is InChI=1S/C10H14N6/c1-7-14-8(2)16(15-7)10-6-12-9(4-11-3)5-13-10/h5-6,11H,4H2,1-3H3. The Morgan fingerprint density at radius 1 is 1.25 bits per heavy atom. The van der Waals surface area contributed by atoms with E-state index < -0.39 is 0 Å². The molecule has 0 atom stereocenters. The number of aromatic nitrogens is 5. The highest BCUT2D eigenvalue weighted by Gasteiger charge is 2.06. The third-order valence-electron chi connectivity index (χ3n) is 2.14. The van der Waals surface area contributed by atoms with Crippen LogP contribution in [0, 0.1) is 13.8 Å². The lowest BCUT2D eigenvalue weighted by Gasteiger charge is -2.02. The molecule has 0 aliphatic rings. The van der Waals surface area contributed by atoms with E-state index in [0.717, 1.165) is 17.3 Å². The van der Waals surface area contributed by atoms with Crippen molar-refractivity contribution in [3.8, 4) is 5.82 Å². The largest absolute Gasteiger partial charge is 0.314 e. The van der Waals surface area contributed by atoms with Crippen molar-refractivity contribution in [3.05, 3.63) is 29.7 Å². The molecule has 0 aromatic carbocycles. The number of aryl methyl sites for hydroxylation is 2. The van der Waals surface area contributed by atoms with E-state index in [1.807, 2.05) is 20.9 Å². The van der Waals surface area contributed by atoms with E-state index in [2.05, 4.69) is 25.4 Å². The fourth-order valence-corrected chi connectivity index (χ4v) is 1.47. The highest BCUT2D eigenvalue weighted by atomic mass is 15.4. The van der Waals surface area contributed by atoms with Crippen LogP contribution in [-0.4, -0.2) is 31.8 Å². The third-order valence-corrected chi connectivity index (χ3v) is 2.14. The summed E-state index contributed by atoms with van der Waals surface area (Å²) in [5.74, 6) is 2.24. The molecule has 0 aliphatic carbocycles. The Balaban J connectivity index is 2.31. The Bertz CT molecular complexity index is 473. The van der Waals surface area contributed by atoms with Crippen molar-refractivity contribution >= 4 is 0 Å². The fourth-order valence-electron chi connectivity index (χ4n) is 1.47. The van der Waals surface area contributed by atoms with Gasteiger partial charge in [0, 0.05) is 6.54 Å². The Kier molecular flexibility index (Phi) is 2.91. The molecular formula is C10H14N6. The summed E-state index contributed by atoms with van der Waals surface area (Å²) >= 11 is 0. The minimum absolute atomic E-state index is 0.693. The molecule has 2 heterocycles. The first-order chi connectivity index (χ1) is 7.70. The van der Waals surface area contributed by atoms with Gasteiger partial charge in [-0.25, -0.2) is 9.97 Å². The number of nitrogens with zero attached hydrogens (tertiary/aromatic N) is 5. The Morgan fingerprint density at radius 2 is 2.06 bits per heavy atom. The van der Waals surface area contributed by atoms with Gasteiger partial charge in [0.2, 0.25) is 0 Å². The van der Waals surface area contributed by atoms with Crippen LogP contribution < -0.4 is 5.32 Å². The van der Waals surface area contributed by atoms with Crippen LogP contribution in [0.15, 0.2) is 12.4 Å². The van der Waals surface area contributed by atoms with Crippen molar-refractivity contribution in [2.75, 3.05) is 7.05 Å². The SMILES string of the molecule is CNCc1cnc(-n2nc(C)nc2C)cn1. The van der Waals surface area contributed by atoms with Gasteiger partial charge in [0.05, 0.1) is 18.1 Å². The molecule has 6 nitrogen and oxygen atoms in total. The van der Waals surface area contributed by atoms with Gasteiger partial charge >= 0.3 is 0 Å². The third kappa shape index (κ3) is 2.06. The molecule has 2 aromatic heterocycles. The van der Waals surface area contributed by atoms with Crippen LogP contribution >= 0.6 is 0 Å². The summed E-state index contributed by atoms with van der Waals surface area (Å²) in [6.07, 6.45) is 3.44. The first-order valence-corrected chi connectivity index (χ1v) is 5.07. The Morgan fingerprint density at radius 3 is 2.56 bits per heavy atom. The lowest BCUT2D eigenvalue weighted by atomic mass is 10.4. The van der Waals surface area contributed by atoms with Crippen LogP contribution in [0.2, 0.25) is 0 Å². The molecule has 84 valence electrons. The van der Waals surface area contributed by atoms with Gasteiger partial charge in [-0.3, -0.25) is 4.98 Å². The van der Waals surface area contributed by atoms with Crippen LogP contribution in [0.5, 0.6) is 0 Å². The van der Waals surface area contributed by atoms with Crippen LogP contribution in [0.1, 0.15) is 17.3 Å². The van der Waals surface area contributed by atoms with E-state index in [0.29, 0.717) is 12.4 Å². The van der Waals surface area contributed by atoms with Gasteiger partial charge in [-0.05, 0) is 20.9 Å². The molecule has 0 spiro atoms. The minimum Gasteiger partial charge on any atom is -0.314 e. The summed E-state index contributed by atoms with van der Waals surface area (Å²) in [7, 11) is 1.88. The smallest absolute Gasteiger partial charge is 0.174 e. The van der Waals surface area contributed by atoms with Gasteiger partial charge < -0.3 is 5.32 Å². The molecule has 2 aromatic rings. The summed E-state index contributed by atoms with van der Waals surface area (Å²) in [5.41, 5.74) is 0.903. The Labute approximate surface area is 93.8 Å². The summed E-state index contributed by atoms with van der Waals surface area (Å²) in [6, 6.07) is 0. The maximum Gasteiger partial charge on any atom is 0.174 e. The maximum absolute atomic E-state index is 4.30. The van der Waals surface area contributed by atoms with E-state index in [1.54, 1.807) is 17.1 Å². The van der Waals surface area contributed by atoms with E-state index in [1.165, 1.54) is 0 Å². The van der Waals surface area contributed by atoms with Crippen LogP contribution in [0.4, 0.5) is 0 Å². The number of hydrogen-bond acceptors (Lipinski definition) is 5. The lowest BCUT2D eigenvalue weighted by Crippen LogP contribution is -2.09. The van der Waals surface area contributed by atoms with Gasteiger partial charge in [-0.2, -0.15) is 4.68 Å². The van der Waals surface area contributed by atoms with E-state index >= 15 is 0 Å². The van der Waals surface area contributed by atoms with Crippen molar-refractivity contribution < 1.29 is 0 Å². The summed E-state index contributed by atoms with van der Waals surface area (Å²) in [6.45, 7) is 4.46. The van der Waals surface area contributed by atoms with Crippen molar-refractivity contribution in [1.29, 1.82) is 0 Å². The molecule has 1 N–H and O–H groups in total. The highest BCUT2D eigenvalue weighted by Crippen LogP contribution is 2.05. The van der Waals surface area contributed by atoms with Crippen molar-refractivity contribution in [2.45, 2.75) is 20.4 Å². The second-order valence-corrected chi connectivity index (χ2v) is 3.51. The first-order valence-electron chi connectivity index (χ1n) is 5.07. The average molecular weight is 218 g/mol. The van der Waals surface area contributed by atoms with Crippen molar-refractivity contribution in [3.63, 3.8) is 0 Å². The van der Waals surface area contributed by atoms with Gasteiger partial charge in [-0.15, -0.1) is 5.10 Å². The van der Waals surface area contributed by atoms with Gasteiger partial charge in [0.15, 0.2) is 5.82 Å². The zero-order valence-electron chi connectivity index (χ0n) is 9.60. The predicted molar refractivity (Wildman–Crippen MR) is 59.2 cm³/mol. The molecule has 2 rings (SSSR count). The first kappa shape index (κ1) is 10.7. The van der Waals surface area contributed by atoms with Crippen molar-refractivity contribution in [1.82, 2.24) is 30.0 Å². The lowest BCUT2D eigenvalue weighted by molar-refractivity contribution is 0.759. The number of nitrogens with one attached hydrogen (secondary N) is 1. The Hall–Kier alpha value is -1.82. The van der Waals surface area contributed by atoms with Gasteiger partial charge in [0.1, 0.15) is 11.6 Å². The second kappa shape index (κ2) is 4.36. The molecule has 0 saturated carbocycles. The zero-order valence-corrected chi connectivity index (χ0v) is 9.60. The van der Waals surface area contributed by atoms with Crippen LogP contribution in [0.3, 0.4) is 0 Å². The quantitative estimate of drug-likeness (QED) is 0.807. The summed E-state index contributed by atoms with van der Waals surface area (Å²) < 4.78 is 1.69. The number of rotatable bonds is 3. The molecular weight excluding hydrogens is 204 g/mol. The average Bonchev–Trinajstić information content (AvgIpc) is 2.59. The molecule has 6 heteroatoms. The summed E-state index contributed by atoms with van der Waals surface area (Å²) in [4.78, 5) is 12.8. The van der Waals surface area contributed by atoms with Crippen LogP contribution in [0.25, 0.3) is 5.82 Å². The molecule has 0 aliphatic heterocycles. The molecule has 0 fully saturated rings. The number of hydrogen-bond donors (Lipinski definition) is 1. The summed E-state index contributed by atoms with van der Waals surface area (Å²) in [5, 5.41) is 7.26. The molecule has 0 bridgehead atoms. The van der Waals surface area contributed by atoms with E-state index in [4.69, 9.17) is 0 Å². The highest BCUT2D eigenvalue weighted by molar-refractivity contribution is 5.19. The molecule has 0 saturated heterocycles. The molecule has 16 heavy (non-hydrogen) atoms. The van der Waals surface area contributed by atoms with Crippen LogP contribution in [-0.2, 0) is 6.54 Å². The molecule has 0 radical (unpaired) electrons.